The minimum absolute atomic E-state index is 0.103. The Morgan fingerprint density at radius 2 is 2.23 bits per heavy atom. The van der Waals surface area contributed by atoms with Gasteiger partial charge in [0.05, 0.1) is 7.11 Å². The van der Waals surface area contributed by atoms with Crippen molar-refractivity contribution in [1.82, 2.24) is 0 Å². The van der Waals surface area contributed by atoms with E-state index in [1.54, 1.807) is 7.11 Å². The minimum atomic E-state index is 0.103. The van der Waals surface area contributed by atoms with Crippen molar-refractivity contribution in [2.45, 2.75) is 13.3 Å². The quantitative estimate of drug-likeness (QED) is 0.697. The highest BCUT2D eigenvalue weighted by atomic mass is 16.5. The van der Waals surface area contributed by atoms with E-state index in [1.165, 1.54) is 6.07 Å². The zero-order valence-electron chi connectivity index (χ0n) is 7.79. The second kappa shape index (κ2) is 3.94. The number of benzene rings is 1. The molecule has 70 valence electrons. The molecule has 0 amide bonds. The summed E-state index contributed by atoms with van der Waals surface area (Å²) in [6.07, 6.45) is 1.93. The van der Waals surface area contributed by atoms with E-state index in [1.807, 2.05) is 13.0 Å². The SMILES string of the molecule is CCc1cc(OC)cc(O)c1C=N. The molecule has 3 heteroatoms. The number of aromatic hydroxyl groups is 1. The molecule has 2 N–H and O–H groups in total. The molecule has 0 spiro atoms. The molecule has 0 radical (unpaired) electrons. The van der Waals surface area contributed by atoms with Crippen LogP contribution in [0.25, 0.3) is 0 Å². The second-order valence-electron chi connectivity index (χ2n) is 2.72. The van der Waals surface area contributed by atoms with Crippen LogP contribution in [0.2, 0.25) is 0 Å². The van der Waals surface area contributed by atoms with Gasteiger partial charge in [-0.15, -0.1) is 0 Å². The van der Waals surface area contributed by atoms with Gasteiger partial charge in [-0.05, 0) is 18.1 Å². The Morgan fingerprint density at radius 1 is 1.54 bits per heavy atom. The van der Waals surface area contributed by atoms with Crippen LogP contribution in [0.3, 0.4) is 0 Å². The van der Waals surface area contributed by atoms with Gasteiger partial charge in [-0.2, -0.15) is 0 Å². The summed E-state index contributed by atoms with van der Waals surface area (Å²) in [4.78, 5) is 0. The fourth-order valence-electron chi connectivity index (χ4n) is 1.25. The van der Waals surface area contributed by atoms with Crippen molar-refractivity contribution in [2.24, 2.45) is 0 Å². The maximum atomic E-state index is 9.50. The Kier molecular flexibility index (Phi) is 2.90. The largest absolute Gasteiger partial charge is 0.507 e. The first-order valence-corrected chi connectivity index (χ1v) is 4.13. The van der Waals surface area contributed by atoms with Gasteiger partial charge in [0.25, 0.3) is 0 Å². The van der Waals surface area contributed by atoms with Gasteiger partial charge in [0.15, 0.2) is 0 Å². The van der Waals surface area contributed by atoms with Crippen LogP contribution in [0, 0.1) is 5.41 Å². The highest BCUT2D eigenvalue weighted by molar-refractivity contribution is 5.83. The lowest BCUT2D eigenvalue weighted by molar-refractivity contribution is 0.407. The number of aryl methyl sites for hydroxylation is 1. The van der Waals surface area contributed by atoms with E-state index in [9.17, 15) is 5.11 Å². The lowest BCUT2D eigenvalue weighted by atomic mass is 10.0. The summed E-state index contributed by atoms with van der Waals surface area (Å²) >= 11 is 0. The van der Waals surface area contributed by atoms with Crippen LogP contribution >= 0.6 is 0 Å². The zero-order valence-corrected chi connectivity index (χ0v) is 7.79. The van der Waals surface area contributed by atoms with E-state index >= 15 is 0 Å². The summed E-state index contributed by atoms with van der Waals surface area (Å²) < 4.78 is 5.00. The van der Waals surface area contributed by atoms with E-state index in [4.69, 9.17) is 10.1 Å². The smallest absolute Gasteiger partial charge is 0.128 e. The molecule has 1 aromatic rings. The highest BCUT2D eigenvalue weighted by Gasteiger charge is 2.06. The maximum Gasteiger partial charge on any atom is 0.128 e. The van der Waals surface area contributed by atoms with Crippen molar-refractivity contribution in [3.8, 4) is 11.5 Å². The molecule has 0 saturated carbocycles. The van der Waals surface area contributed by atoms with E-state index in [2.05, 4.69) is 0 Å². The van der Waals surface area contributed by atoms with Gasteiger partial charge >= 0.3 is 0 Å². The number of hydrogen-bond donors (Lipinski definition) is 2. The number of ether oxygens (including phenoxy) is 1. The summed E-state index contributed by atoms with van der Waals surface area (Å²) in [5.41, 5.74) is 1.50. The number of nitrogens with one attached hydrogen (secondary N) is 1. The van der Waals surface area contributed by atoms with Crippen molar-refractivity contribution in [2.75, 3.05) is 7.11 Å². The predicted molar refractivity (Wildman–Crippen MR) is 51.9 cm³/mol. The third kappa shape index (κ3) is 1.80. The second-order valence-corrected chi connectivity index (χ2v) is 2.72. The molecule has 1 rings (SSSR count). The first-order chi connectivity index (χ1) is 6.22. The maximum absolute atomic E-state index is 9.50. The van der Waals surface area contributed by atoms with Gasteiger partial charge in [0.2, 0.25) is 0 Å². The molecule has 1 aromatic carbocycles. The molecule has 0 aliphatic rings. The number of phenolic OH excluding ortho intramolecular Hbond substituents is 1. The number of hydrogen-bond acceptors (Lipinski definition) is 3. The third-order valence-electron chi connectivity index (χ3n) is 1.98. The van der Waals surface area contributed by atoms with Gasteiger partial charge in [0, 0.05) is 17.8 Å². The first-order valence-electron chi connectivity index (χ1n) is 4.13. The van der Waals surface area contributed by atoms with Crippen molar-refractivity contribution in [1.29, 1.82) is 5.41 Å². The number of phenols is 1. The Morgan fingerprint density at radius 3 is 2.69 bits per heavy atom. The fourth-order valence-corrected chi connectivity index (χ4v) is 1.25. The zero-order chi connectivity index (χ0) is 9.84. The summed E-state index contributed by atoms with van der Waals surface area (Å²) in [6, 6.07) is 3.35. The fraction of sp³-hybridized carbons (Fsp3) is 0.300. The molecule has 0 bridgehead atoms. The lowest BCUT2D eigenvalue weighted by Crippen LogP contribution is -1.93. The van der Waals surface area contributed by atoms with Crippen molar-refractivity contribution >= 4 is 6.21 Å². The average molecular weight is 179 g/mol. The number of methoxy groups -OCH3 is 1. The van der Waals surface area contributed by atoms with Crippen LogP contribution in [0.4, 0.5) is 0 Å². The van der Waals surface area contributed by atoms with Gasteiger partial charge in [-0.3, -0.25) is 0 Å². The molecular weight excluding hydrogens is 166 g/mol. The van der Waals surface area contributed by atoms with Crippen LogP contribution in [0.15, 0.2) is 12.1 Å². The molecule has 0 fully saturated rings. The van der Waals surface area contributed by atoms with Crippen LogP contribution in [-0.4, -0.2) is 18.4 Å². The first kappa shape index (κ1) is 9.58. The van der Waals surface area contributed by atoms with E-state index in [-0.39, 0.29) is 5.75 Å². The molecule has 0 aliphatic heterocycles. The summed E-state index contributed by atoms with van der Waals surface area (Å²) in [7, 11) is 1.55. The van der Waals surface area contributed by atoms with Crippen LogP contribution in [-0.2, 0) is 6.42 Å². The van der Waals surface area contributed by atoms with Gasteiger partial charge < -0.3 is 15.3 Å². The predicted octanol–water partition coefficient (Wildman–Crippen LogP) is 1.96. The Hall–Kier alpha value is -1.51. The van der Waals surface area contributed by atoms with Crippen molar-refractivity contribution < 1.29 is 9.84 Å². The minimum Gasteiger partial charge on any atom is -0.507 e. The van der Waals surface area contributed by atoms with Gasteiger partial charge in [0.1, 0.15) is 11.5 Å². The molecular formula is C10H13NO2. The Bertz CT molecular complexity index is 321. The normalized spacial score (nSPS) is 9.69. The van der Waals surface area contributed by atoms with Crippen LogP contribution in [0.5, 0.6) is 11.5 Å². The lowest BCUT2D eigenvalue weighted by Gasteiger charge is -2.08. The van der Waals surface area contributed by atoms with E-state index < -0.39 is 0 Å². The summed E-state index contributed by atoms with van der Waals surface area (Å²) in [6.45, 7) is 1.97. The monoisotopic (exact) mass is 179 g/mol. The molecule has 0 atom stereocenters. The molecule has 3 nitrogen and oxygen atoms in total. The topological polar surface area (TPSA) is 53.3 Å². The summed E-state index contributed by atoms with van der Waals surface area (Å²) in [5.74, 6) is 0.728. The molecule has 0 aromatic heterocycles. The van der Waals surface area contributed by atoms with Crippen LogP contribution < -0.4 is 4.74 Å². The molecule has 0 saturated heterocycles. The molecule has 0 unspecified atom stereocenters. The van der Waals surface area contributed by atoms with E-state index in [0.29, 0.717) is 11.3 Å². The Balaban J connectivity index is 3.28. The van der Waals surface area contributed by atoms with Gasteiger partial charge in [-0.1, -0.05) is 6.92 Å². The van der Waals surface area contributed by atoms with Crippen molar-refractivity contribution in [3.05, 3.63) is 23.3 Å². The molecule has 0 heterocycles. The average Bonchev–Trinajstić information content (AvgIpc) is 2.16. The van der Waals surface area contributed by atoms with Gasteiger partial charge in [-0.25, -0.2) is 0 Å². The molecule has 13 heavy (non-hydrogen) atoms. The Labute approximate surface area is 77.5 Å². The third-order valence-corrected chi connectivity index (χ3v) is 1.98. The number of rotatable bonds is 3. The van der Waals surface area contributed by atoms with Crippen molar-refractivity contribution in [3.63, 3.8) is 0 Å². The molecule has 0 aliphatic carbocycles. The highest BCUT2D eigenvalue weighted by Crippen LogP contribution is 2.26. The standard InChI is InChI=1S/C10H13NO2/c1-3-7-4-8(13-2)5-10(12)9(7)6-11/h4-6,11-12H,3H2,1-2H3. The summed E-state index contributed by atoms with van der Waals surface area (Å²) in [5, 5.41) is 16.6. The van der Waals surface area contributed by atoms with E-state index in [0.717, 1.165) is 18.2 Å². The van der Waals surface area contributed by atoms with Crippen LogP contribution in [0.1, 0.15) is 18.1 Å².